The normalized spacial score (nSPS) is 22.2. The number of hydrogen-bond donors (Lipinski definition) is 1. The molecule has 2 heterocycles. The van der Waals surface area contributed by atoms with E-state index < -0.39 is 5.92 Å². The largest absolute Gasteiger partial charge is 0.312 e. The lowest BCUT2D eigenvalue weighted by Gasteiger charge is -2.16. The molecule has 2 rings (SSSR count). The van der Waals surface area contributed by atoms with Gasteiger partial charge >= 0.3 is 0 Å². The van der Waals surface area contributed by atoms with Crippen LogP contribution in [0.5, 0.6) is 0 Å². The summed E-state index contributed by atoms with van der Waals surface area (Å²) in [5, 5.41) is 7.21. The fourth-order valence-electron chi connectivity index (χ4n) is 1.97. The maximum atomic E-state index is 13.1. The second-order valence-corrected chi connectivity index (χ2v) is 4.08. The third-order valence-corrected chi connectivity index (χ3v) is 2.72. The highest BCUT2D eigenvalue weighted by Gasteiger charge is 2.29. The highest BCUT2D eigenvalue weighted by Crippen LogP contribution is 2.26. The molecule has 1 fully saturated rings. The standard InChI is InChI=1S/C10H15F2N3/c1-10(11,12)9-4-6-14-15(9)7-8-3-2-5-13-8/h4,6,8,13H,2-3,5,7H2,1H3. The Hall–Kier alpha value is -0.970. The van der Waals surface area contributed by atoms with Crippen molar-refractivity contribution >= 4 is 0 Å². The summed E-state index contributed by atoms with van der Waals surface area (Å²) in [4.78, 5) is 0. The minimum atomic E-state index is -2.81. The van der Waals surface area contributed by atoms with Crippen LogP contribution in [0.1, 0.15) is 25.5 Å². The van der Waals surface area contributed by atoms with Crippen LogP contribution in [-0.2, 0) is 12.5 Å². The Kier molecular flexibility index (Phi) is 2.73. The van der Waals surface area contributed by atoms with Crippen molar-refractivity contribution in [1.29, 1.82) is 0 Å². The summed E-state index contributed by atoms with van der Waals surface area (Å²) in [6.45, 7) is 2.41. The zero-order chi connectivity index (χ0) is 10.9. The average molecular weight is 215 g/mol. The van der Waals surface area contributed by atoms with Crippen molar-refractivity contribution < 1.29 is 8.78 Å². The molecule has 0 spiro atoms. The van der Waals surface area contributed by atoms with Gasteiger partial charge < -0.3 is 5.32 Å². The van der Waals surface area contributed by atoms with Gasteiger partial charge in [0.2, 0.25) is 0 Å². The summed E-state index contributed by atoms with van der Waals surface area (Å²) in [7, 11) is 0. The van der Waals surface area contributed by atoms with E-state index in [0.717, 1.165) is 26.3 Å². The van der Waals surface area contributed by atoms with Crippen LogP contribution in [0.4, 0.5) is 8.78 Å². The van der Waals surface area contributed by atoms with Gasteiger partial charge in [0.1, 0.15) is 5.69 Å². The Bertz CT molecular complexity index is 324. The highest BCUT2D eigenvalue weighted by atomic mass is 19.3. The van der Waals surface area contributed by atoms with E-state index in [4.69, 9.17) is 0 Å². The number of rotatable bonds is 3. The number of nitrogens with one attached hydrogen (secondary N) is 1. The molecule has 1 saturated heterocycles. The molecule has 1 aromatic rings. The van der Waals surface area contributed by atoms with Crippen LogP contribution in [0.2, 0.25) is 0 Å². The molecule has 0 amide bonds. The van der Waals surface area contributed by atoms with Crippen LogP contribution in [-0.4, -0.2) is 22.4 Å². The van der Waals surface area contributed by atoms with Crippen LogP contribution in [0.15, 0.2) is 12.3 Å². The predicted molar refractivity (Wildman–Crippen MR) is 52.8 cm³/mol. The number of aromatic nitrogens is 2. The van der Waals surface area contributed by atoms with E-state index in [0.29, 0.717) is 6.54 Å². The van der Waals surface area contributed by atoms with E-state index in [-0.39, 0.29) is 11.7 Å². The second kappa shape index (κ2) is 3.89. The van der Waals surface area contributed by atoms with Crippen molar-refractivity contribution in [2.45, 2.75) is 38.3 Å². The molecular weight excluding hydrogens is 200 g/mol. The van der Waals surface area contributed by atoms with Crippen molar-refractivity contribution in [3.8, 4) is 0 Å². The van der Waals surface area contributed by atoms with Crippen LogP contribution < -0.4 is 5.32 Å². The van der Waals surface area contributed by atoms with Crippen molar-refractivity contribution in [2.75, 3.05) is 6.54 Å². The van der Waals surface area contributed by atoms with Crippen LogP contribution >= 0.6 is 0 Å². The van der Waals surface area contributed by atoms with E-state index in [2.05, 4.69) is 10.4 Å². The summed E-state index contributed by atoms with van der Waals surface area (Å²) < 4.78 is 27.7. The molecule has 0 saturated carbocycles. The number of halogens is 2. The molecule has 0 bridgehead atoms. The van der Waals surface area contributed by atoms with Gasteiger partial charge in [0.15, 0.2) is 0 Å². The molecule has 15 heavy (non-hydrogen) atoms. The van der Waals surface area contributed by atoms with Gasteiger partial charge in [-0.3, -0.25) is 4.68 Å². The van der Waals surface area contributed by atoms with Gasteiger partial charge in [-0.25, -0.2) is 0 Å². The monoisotopic (exact) mass is 215 g/mol. The molecule has 84 valence electrons. The molecule has 1 N–H and O–H groups in total. The Balaban J connectivity index is 2.11. The van der Waals surface area contributed by atoms with E-state index in [9.17, 15) is 8.78 Å². The topological polar surface area (TPSA) is 29.9 Å². The maximum absolute atomic E-state index is 13.1. The summed E-state index contributed by atoms with van der Waals surface area (Å²) >= 11 is 0. The molecule has 1 aliphatic rings. The van der Waals surface area contributed by atoms with Gasteiger partial charge in [-0.15, -0.1) is 0 Å². The average Bonchev–Trinajstić information content (AvgIpc) is 2.73. The number of hydrogen-bond acceptors (Lipinski definition) is 2. The van der Waals surface area contributed by atoms with Gasteiger partial charge in [-0.05, 0) is 25.5 Å². The third-order valence-electron chi connectivity index (χ3n) is 2.72. The van der Waals surface area contributed by atoms with Gasteiger partial charge in [-0.1, -0.05) is 0 Å². The molecule has 1 atom stereocenters. The molecule has 1 aliphatic heterocycles. The van der Waals surface area contributed by atoms with Gasteiger partial charge in [0.05, 0.1) is 6.54 Å². The van der Waals surface area contributed by atoms with Gasteiger partial charge in [0, 0.05) is 19.2 Å². The second-order valence-electron chi connectivity index (χ2n) is 4.08. The molecule has 5 heteroatoms. The third kappa shape index (κ3) is 2.34. The quantitative estimate of drug-likeness (QED) is 0.832. The van der Waals surface area contributed by atoms with Crippen LogP contribution in [0, 0.1) is 0 Å². The minimum absolute atomic E-state index is 0.00352. The lowest BCUT2D eigenvalue weighted by molar-refractivity contribution is 0.00736. The lowest BCUT2D eigenvalue weighted by atomic mass is 10.2. The molecule has 0 aromatic carbocycles. The highest BCUT2D eigenvalue weighted by molar-refractivity contribution is 5.07. The molecule has 1 unspecified atom stereocenters. The van der Waals surface area contributed by atoms with Crippen molar-refractivity contribution in [1.82, 2.24) is 15.1 Å². The summed E-state index contributed by atoms with van der Waals surface area (Å²) in [5.41, 5.74) is -0.00352. The Morgan fingerprint density at radius 2 is 2.47 bits per heavy atom. The number of nitrogens with zero attached hydrogens (tertiary/aromatic N) is 2. The Labute approximate surface area is 87.5 Å². The maximum Gasteiger partial charge on any atom is 0.286 e. The smallest absolute Gasteiger partial charge is 0.286 e. The lowest BCUT2D eigenvalue weighted by Crippen LogP contribution is -2.29. The zero-order valence-electron chi connectivity index (χ0n) is 8.71. The minimum Gasteiger partial charge on any atom is -0.312 e. The number of alkyl halides is 2. The Morgan fingerprint density at radius 3 is 3.07 bits per heavy atom. The van der Waals surface area contributed by atoms with E-state index >= 15 is 0 Å². The predicted octanol–water partition coefficient (Wildman–Crippen LogP) is 1.75. The molecule has 3 nitrogen and oxygen atoms in total. The fourth-order valence-corrected chi connectivity index (χ4v) is 1.97. The molecular formula is C10H15F2N3. The van der Waals surface area contributed by atoms with E-state index in [1.54, 1.807) is 0 Å². The van der Waals surface area contributed by atoms with E-state index in [1.807, 2.05) is 0 Å². The first-order valence-corrected chi connectivity index (χ1v) is 5.21. The first kappa shape index (κ1) is 10.5. The van der Waals surface area contributed by atoms with Crippen LogP contribution in [0.25, 0.3) is 0 Å². The van der Waals surface area contributed by atoms with Crippen molar-refractivity contribution in [2.24, 2.45) is 0 Å². The fraction of sp³-hybridized carbons (Fsp3) is 0.700. The molecule has 0 aliphatic carbocycles. The van der Waals surface area contributed by atoms with Crippen molar-refractivity contribution in [3.05, 3.63) is 18.0 Å². The van der Waals surface area contributed by atoms with E-state index in [1.165, 1.54) is 16.9 Å². The van der Waals surface area contributed by atoms with Gasteiger partial charge in [-0.2, -0.15) is 13.9 Å². The van der Waals surface area contributed by atoms with Gasteiger partial charge in [0.25, 0.3) is 5.92 Å². The summed E-state index contributed by atoms with van der Waals surface area (Å²) in [6, 6.07) is 1.67. The first-order chi connectivity index (χ1) is 7.07. The zero-order valence-corrected chi connectivity index (χ0v) is 8.71. The molecule has 0 radical (unpaired) electrons. The SMILES string of the molecule is CC(F)(F)c1ccnn1CC1CCCN1. The molecule has 1 aromatic heterocycles. The van der Waals surface area contributed by atoms with Crippen LogP contribution in [0.3, 0.4) is 0 Å². The van der Waals surface area contributed by atoms with Crippen molar-refractivity contribution in [3.63, 3.8) is 0 Å². The summed E-state index contributed by atoms with van der Waals surface area (Å²) in [5.74, 6) is -2.81. The first-order valence-electron chi connectivity index (χ1n) is 5.21. The summed E-state index contributed by atoms with van der Waals surface area (Å²) in [6.07, 6.45) is 3.58. The Morgan fingerprint density at radius 1 is 1.67 bits per heavy atom.